The highest BCUT2D eigenvalue weighted by Gasteiger charge is 2.72. The van der Waals surface area contributed by atoms with E-state index in [2.05, 4.69) is 0 Å². The summed E-state index contributed by atoms with van der Waals surface area (Å²) in [7, 11) is -14.4. The molecular formula is C32H30F6N4O4S2+2. The summed E-state index contributed by atoms with van der Waals surface area (Å²) in [5.74, 6) is 0. The lowest BCUT2D eigenvalue weighted by molar-refractivity contribution is -1.13. The number of quaternary nitrogens is 2. The summed E-state index contributed by atoms with van der Waals surface area (Å²) in [4.78, 5) is 0. The fourth-order valence-electron chi connectivity index (χ4n) is 5.77. The van der Waals surface area contributed by atoms with Crippen LogP contribution in [0.5, 0.6) is 0 Å². The number of hydrogen-bond acceptors (Lipinski definition) is 5. The van der Waals surface area contributed by atoms with E-state index in [1.807, 2.05) is 0 Å². The van der Waals surface area contributed by atoms with Crippen LogP contribution >= 0.6 is 0 Å². The zero-order valence-corrected chi connectivity index (χ0v) is 27.0. The molecule has 0 fully saturated rings. The average Bonchev–Trinajstić information content (AvgIpc) is 3.42. The predicted molar refractivity (Wildman–Crippen MR) is 166 cm³/mol. The molecule has 0 aliphatic carbocycles. The summed E-state index contributed by atoms with van der Waals surface area (Å²) in [6.07, 6.45) is -0.853. The van der Waals surface area contributed by atoms with Gasteiger partial charge in [-0.1, -0.05) is 79.7 Å². The van der Waals surface area contributed by atoms with E-state index in [0.29, 0.717) is 22.5 Å². The lowest BCUT2D eigenvalue weighted by atomic mass is 10.0. The van der Waals surface area contributed by atoms with E-state index in [-0.39, 0.29) is 21.4 Å². The van der Waals surface area contributed by atoms with Gasteiger partial charge in [-0.25, -0.2) is 16.8 Å². The third-order valence-electron chi connectivity index (χ3n) is 7.96. The highest BCUT2D eigenvalue weighted by molar-refractivity contribution is 8.04. The zero-order valence-electron chi connectivity index (χ0n) is 25.4. The molecule has 0 saturated carbocycles. The maximum absolute atomic E-state index is 14.4. The van der Waals surface area contributed by atoms with Gasteiger partial charge in [0.15, 0.2) is 11.4 Å². The second-order valence-corrected chi connectivity index (χ2v) is 14.7. The van der Waals surface area contributed by atoms with Crippen molar-refractivity contribution in [1.82, 2.24) is 8.83 Å². The molecule has 0 amide bonds. The van der Waals surface area contributed by atoms with Gasteiger partial charge in [0.1, 0.15) is 0 Å². The topological polar surface area (TPSA) is 83.6 Å². The second-order valence-electron chi connectivity index (χ2n) is 10.9. The number of nitrogens with one attached hydrogen (secondary N) is 2. The minimum Gasteiger partial charge on any atom is -0.202 e. The Balaban J connectivity index is 2.00. The van der Waals surface area contributed by atoms with Crippen LogP contribution in [0, 0.1) is 0 Å². The number of benzene rings is 4. The van der Waals surface area contributed by atoms with Crippen LogP contribution in [0.4, 0.5) is 37.7 Å². The number of para-hydroxylation sites is 2. The molecule has 3 atom stereocenters. The molecule has 4 aromatic carbocycles. The molecule has 0 bridgehead atoms. The Kier molecular flexibility index (Phi) is 9.37. The van der Waals surface area contributed by atoms with Crippen molar-refractivity contribution in [3.63, 3.8) is 0 Å². The number of alkyl halides is 6. The van der Waals surface area contributed by atoms with E-state index < -0.39 is 46.9 Å². The molecule has 3 unspecified atom stereocenters. The molecule has 0 radical (unpaired) electrons. The standard InChI is InChI=1S/C32H28F6N4O4S2/c1-3-30(2,42(47(43,44)31(33,34)35)48(45,46)32(36,37)38)41-39(26-20-12-6-13-21-26)28(24-16-8-4-9-17-24)29(25-18-10-5-11-19-25)40(41)27-22-14-7-15-23-27/h4-23H,3H2,1-2H3/p+2. The Morgan fingerprint density at radius 1 is 0.562 bits per heavy atom. The van der Waals surface area contributed by atoms with E-state index in [4.69, 9.17) is 0 Å². The summed E-state index contributed by atoms with van der Waals surface area (Å²) in [6.45, 7) is 1.88. The van der Waals surface area contributed by atoms with E-state index in [9.17, 15) is 43.2 Å². The number of rotatable bonds is 9. The van der Waals surface area contributed by atoms with Gasteiger partial charge in [0, 0.05) is 40.5 Å². The summed E-state index contributed by atoms with van der Waals surface area (Å²) in [6, 6.07) is 32.8. The maximum atomic E-state index is 14.4. The third-order valence-corrected chi connectivity index (χ3v) is 12.0. The Morgan fingerprint density at radius 2 is 0.854 bits per heavy atom. The quantitative estimate of drug-likeness (QED) is 0.233. The molecule has 0 aromatic heterocycles. The molecule has 1 aliphatic rings. The van der Waals surface area contributed by atoms with Crippen LogP contribution in [0.2, 0.25) is 0 Å². The molecule has 1 aliphatic heterocycles. The molecule has 0 saturated heterocycles. The van der Waals surface area contributed by atoms with Crippen LogP contribution in [-0.4, -0.2) is 42.3 Å². The first kappa shape index (κ1) is 35.3. The largest absolute Gasteiger partial charge is 0.512 e. The Morgan fingerprint density at radius 3 is 1.12 bits per heavy atom. The first-order chi connectivity index (χ1) is 22.5. The monoisotopic (exact) mass is 712 g/mol. The highest BCUT2D eigenvalue weighted by atomic mass is 32.3. The summed E-state index contributed by atoms with van der Waals surface area (Å²) >= 11 is 0. The molecule has 8 nitrogen and oxygen atoms in total. The number of sulfonamides is 2. The molecule has 16 heteroatoms. The van der Waals surface area contributed by atoms with Crippen molar-refractivity contribution in [1.29, 1.82) is 0 Å². The van der Waals surface area contributed by atoms with Gasteiger partial charge in [0.2, 0.25) is 17.1 Å². The molecule has 0 spiro atoms. The SMILES string of the molecule is CCC(C)(N1[NH+](c2ccccc2)C(c2ccccc2)=C(c2ccccc2)[NH+]1c1ccccc1)N(S(=O)(=O)C(F)(F)F)S(=O)(=O)C(F)(F)F. The van der Waals surface area contributed by atoms with Gasteiger partial charge >= 0.3 is 31.1 Å². The number of halogens is 6. The zero-order chi connectivity index (χ0) is 35.1. The molecule has 2 N–H and O–H groups in total. The maximum Gasteiger partial charge on any atom is 0.512 e. The Hall–Kier alpha value is -4.06. The van der Waals surface area contributed by atoms with Gasteiger partial charge in [-0.3, -0.25) is 0 Å². The van der Waals surface area contributed by atoms with Gasteiger partial charge in [0.05, 0.1) is 0 Å². The Labute approximate surface area is 273 Å². The van der Waals surface area contributed by atoms with Crippen LogP contribution in [0.25, 0.3) is 11.4 Å². The van der Waals surface area contributed by atoms with Crippen LogP contribution in [-0.2, 0) is 20.0 Å². The van der Waals surface area contributed by atoms with Crippen LogP contribution in [0.15, 0.2) is 121 Å². The van der Waals surface area contributed by atoms with Gasteiger partial charge in [0.25, 0.3) is 0 Å². The first-order valence-electron chi connectivity index (χ1n) is 14.4. The van der Waals surface area contributed by atoms with Crippen LogP contribution in [0.1, 0.15) is 31.4 Å². The fraction of sp³-hybridized carbons (Fsp3) is 0.188. The van der Waals surface area contributed by atoms with Crippen molar-refractivity contribution in [2.24, 2.45) is 0 Å². The molecular weight excluding hydrogens is 682 g/mol. The molecule has 254 valence electrons. The molecule has 1 heterocycles. The number of nitrogens with zero attached hydrogens (tertiary/aromatic N) is 2. The van der Waals surface area contributed by atoms with Crippen LogP contribution in [0.3, 0.4) is 0 Å². The van der Waals surface area contributed by atoms with E-state index in [1.165, 1.54) is 0 Å². The minimum atomic E-state index is -7.22. The van der Waals surface area contributed by atoms with Crippen molar-refractivity contribution in [3.8, 4) is 0 Å². The third kappa shape index (κ3) is 5.92. The second kappa shape index (κ2) is 12.8. The van der Waals surface area contributed by atoms with Crippen LogP contribution < -0.4 is 10.0 Å². The van der Waals surface area contributed by atoms with Crippen molar-refractivity contribution >= 4 is 42.8 Å². The summed E-state index contributed by atoms with van der Waals surface area (Å²) in [5, 5.41) is 0.974. The Bertz CT molecular complexity index is 1860. The fourth-order valence-corrected chi connectivity index (χ4v) is 9.14. The smallest absolute Gasteiger partial charge is 0.202 e. The van der Waals surface area contributed by atoms with Crippen molar-refractivity contribution in [3.05, 3.63) is 132 Å². The van der Waals surface area contributed by atoms with Crippen molar-refractivity contribution in [2.75, 3.05) is 0 Å². The first-order valence-corrected chi connectivity index (χ1v) is 17.3. The van der Waals surface area contributed by atoms with E-state index in [1.54, 1.807) is 121 Å². The van der Waals surface area contributed by atoms with Gasteiger partial charge in [-0.2, -0.15) is 26.3 Å². The normalized spacial score (nSPS) is 19.4. The predicted octanol–water partition coefficient (Wildman–Crippen LogP) is 5.22. The van der Waals surface area contributed by atoms with Crippen molar-refractivity contribution < 1.29 is 53.2 Å². The average molecular weight is 713 g/mol. The lowest BCUT2D eigenvalue weighted by Crippen LogP contribution is -3.30. The summed E-state index contributed by atoms with van der Waals surface area (Å²) in [5.41, 5.74) is -13.8. The lowest BCUT2D eigenvalue weighted by Gasteiger charge is -2.44. The van der Waals surface area contributed by atoms with Gasteiger partial charge in [-0.15, -0.1) is 10.0 Å². The summed E-state index contributed by atoms with van der Waals surface area (Å²) < 4.78 is 138. The van der Waals surface area contributed by atoms with E-state index >= 15 is 0 Å². The molecule has 48 heavy (non-hydrogen) atoms. The minimum absolute atomic E-state index is 0.0106. The van der Waals surface area contributed by atoms with E-state index in [0.717, 1.165) is 19.0 Å². The molecule has 5 rings (SSSR count). The van der Waals surface area contributed by atoms with Gasteiger partial charge in [-0.05, 0) is 41.3 Å². The highest BCUT2D eigenvalue weighted by Crippen LogP contribution is 2.42. The number of hydrogen-bond donors (Lipinski definition) is 2. The molecule has 4 aromatic rings. The van der Waals surface area contributed by atoms with Gasteiger partial charge < -0.3 is 0 Å². The van der Waals surface area contributed by atoms with Crippen molar-refractivity contribution in [2.45, 2.75) is 36.9 Å².